The number of hydrogen-bond donors (Lipinski definition) is 1. The van der Waals surface area contributed by atoms with Crippen LogP contribution in [-0.4, -0.2) is 33.0 Å². The van der Waals surface area contributed by atoms with Crippen molar-refractivity contribution in [3.05, 3.63) is 66.2 Å². The highest BCUT2D eigenvalue weighted by Gasteiger charge is 2.23. The monoisotopic (exact) mass is 336 g/mol. The molecule has 0 fully saturated rings. The molecule has 128 valence electrons. The number of ether oxygens (including phenoxy) is 1. The van der Waals surface area contributed by atoms with Gasteiger partial charge in [0.2, 0.25) is 0 Å². The van der Waals surface area contributed by atoms with Crippen molar-refractivity contribution in [3.8, 4) is 5.75 Å². The number of urea groups is 1. The van der Waals surface area contributed by atoms with Gasteiger partial charge in [-0.2, -0.15) is 0 Å². The van der Waals surface area contributed by atoms with Crippen LogP contribution in [0.15, 0.2) is 55.1 Å². The van der Waals surface area contributed by atoms with Crippen LogP contribution in [0.2, 0.25) is 0 Å². The van der Waals surface area contributed by atoms with Gasteiger partial charge in [-0.3, -0.25) is 0 Å². The molecule has 0 aliphatic carbocycles. The zero-order valence-corrected chi connectivity index (χ0v) is 14.1. The van der Waals surface area contributed by atoms with Gasteiger partial charge < -0.3 is 19.4 Å². The molecule has 6 heteroatoms. The molecule has 6 nitrogen and oxygen atoms in total. The fraction of sp³-hybridized carbons (Fsp3) is 0.263. The molecule has 4 rings (SSSR count). The van der Waals surface area contributed by atoms with Crippen molar-refractivity contribution >= 4 is 11.5 Å². The number of nitrogens with zero attached hydrogens (tertiary/aromatic N) is 3. The van der Waals surface area contributed by atoms with Gasteiger partial charge in [0.15, 0.2) is 0 Å². The van der Waals surface area contributed by atoms with Gasteiger partial charge in [0.25, 0.3) is 0 Å². The first-order valence-electron chi connectivity index (χ1n) is 8.37. The minimum absolute atomic E-state index is 0.0447. The maximum absolute atomic E-state index is 12.6. The van der Waals surface area contributed by atoms with E-state index in [0.717, 1.165) is 22.4 Å². The predicted molar refractivity (Wildman–Crippen MR) is 94.4 cm³/mol. The molecule has 0 saturated heterocycles. The van der Waals surface area contributed by atoms with Crippen molar-refractivity contribution < 1.29 is 9.53 Å². The van der Waals surface area contributed by atoms with Gasteiger partial charge in [0.1, 0.15) is 11.9 Å². The van der Waals surface area contributed by atoms with Crippen LogP contribution in [0.5, 0.6) is 5.75 Å². The number of nitrogens with one attached hydrogen (secondary N) is 1. The molecule has 0 spiro atoms. The van der Waals surface area contributed by atoms with E-state index in [1.165, 1.54) is 0 Å². The predicted octanol–water partition coefficient (Wildman–Crippen LogP) is 2.83. The van der Waals surface area contributed by atoms with E-state index in [1.54, 1.807) is 17.4 Å². The van der Waals surface area contributed by atoms with Gasteiger partial charge in [-0.1, -0.05) is 24.3 Å². The number of benzene rings is 1. The highest BCUT2D eigenvalue weighted by molar-refractivity contribution is 5.74. The highest BCUT2D eigenvalue weighted by Crippen LogP contribution is 2.24. The first-order valence-corrected chi connectivity index (χ1v) is 8.37. The minimum Gasteiger partial charge on any atom is -0.489 e. The summed E-state index contributed by atoms with van der Waals surface area (Å²) in [6.45, 7) is 3.56. The zero-order chi connectivity index (χ0) is 17.2. The van der Waals surface area contributed by atoms with Crippen LogP contribution >= 0.6 is 0 Å². The zero-order valence-electron chi connectivity index (χ0n) is 14.1. The van der Waals surface area contributed by atoms with E-state index in [4.69, 9.17) is 4.74 Å². The topological polar surface area (TPSA) is 58.9 Å². The van der Waals surface area contributed by atoms with Gasteiger partial charge in [-0.15, -0.1) is 0 Å². The average molecular weight is 336 g/mol. The van der Waals surface area contributed by atoms with E-state index in [-0.39, 0.29) is 12.1 Å². The summed E-state index contributed by atoms with van der Waals surface area (Å²) in [5, 5.41) is 3.00. The Morgan fingerprint density at radius 1 is 1.32 bits per heavy atom. The summed E-state index contributed by atoms with van der Waals surface area (Å²) in [4.78, 5) is 18.5. The lowest BCUT2D eigenvalue weighted by Gasteiger charge is -2.22. The van der Waals surface area contributed by atoms with Crippen LogP contribution in [0.4, 0.5) is 4.79 Å². The Labute approximate surface area is 146 Å². The smallest absolute Gasteiger partial charge is 0.318 e. The Kier molecular flexibility index (Phi) is 4.01. The quantitative estimate of drug-likeness (QED) is 0.783. The summed E-state index contributed by atoms with van der Waals surface area (Å²) in [5.41, 5.74) is 3.09. The van der Waals surface area contributed by atoms with E-state index in [1.807, 2.05) is 53.9 Å². The molecule has 1 aliphatic rings. The fourth-order valence-corrected chi connectivity index (χ4v) is 3.10. The van der Waals surface area contributed by atoms with Crippen molar-refractivity contribution in [1.82, 2.24) is 19.6 Å². The Bertz CT molecular complexity index is 905. The molecular weight excluding hydrogens is 316 g/mol. The van der Waals surface area contributed by atoms with Crippen molar-refractivity contribution in [3.63, 3.8) is 0 Å². The number of pyridine rings is 1. The summed E-state index contributed by atoms with van der Waals surface area (Å²) in [6.07, 6.45) is 5.49. The van der Waals surface area contributed by atoms with Crippen LogP contribution in [0.3, 0.4) is 0 Å². The number of imidazole rings is 1. The van der Waals surface area contributed by atoms with E-state index in [0.29, 0.717) is 19.6 Å². The second-order valence-electron chi connectivity index (χ2n) is 6.34. The molecule has 0 saturated carbocycles. The Balaban J connectivity index is 1.45. The Morgan fingerprint density at radius 3 is 3.12 bits per heavy atom. The molecule has 1 aromatic carbocycles. The molecular formula is C19H20N4O2. The van der Waals surface area contributed by atoms with Crippen molar-refractivity contribution in [2.45, 2.75) is 26.1 Å². The number of amides is 2. The molecule has 1 aliphatic heterocycles. The van der Waals surface area contributed by atoms with Gasteiger partial charge in [0.05, 0.1) is 31.1 Å². The molecule has 3 aromatic rings. The SMILES string of the molecule is C[C@H]1CN(C(=O)NCc2ccc3cncn3c2)Cc2ccccc2O1. The normalized spacial score (nSPS) is 16.8. The van der Waals surface area contributed by atoms with Crippen LogP contribution < -0.4 is 10.1 Å². The number of rotatable bonds is 2. The minimum atomic E-state index is -0.0853. The second kappa shape index (κ2) is 6.47. The third-order valence-corrected chi connectivity index (χ3v) is 4.34. The number of aromatic nitrogens is 2. The molecule has 0 bridgehead atoms. The van der Waals surface area contributed by atoms with E-state index >= 15 is 0 Å². The standard InChI is InChI=1S/C19H20N4O2/c1-14-10-22(12-16-4-2-3-5-18(16)25-14)19(24)21-8-15-6-7-17-9-20-13-23(17)11-15/h2-7,9,11,13-14H,8,10,12H2,1H3,(H,21,24)/t14-/m0/s1. The molecule has 25 heavy (non-hydrogen) atoms. The van der Waals surface area contributed by atoms with Gasteiger partial charge >= 0.3 is 6.03 Å². The fourth-order valence-electron chi connectivity index (χ4n) is 3.10. The number of carbonyl (C=O) groups excluding carboxylic acids is 1. The second-order valence-corrected chi connectivity index (χ2v) is 6.34. The Morgan fingerprint density at radius 2 is 2.20 bits per heavy atom. The maximum Gasteiger partial charge on any atom is 0.318 e. The van der Waals surface area contributed by atoms with Gasteiger partial charge in [-0.25, -0.2) is 9.78 Å². The lowest BCUT2D eigenvalue weighted by molar-refractivity contribution is 0.158. The molecule has 0 unspecified atom stereocenters. The van der Waals surface area contributed by atoms with Crippen molar-refractivity contribution in [2.24, 2.45) is 0 Å². The molecule has 1 atom stereocenters. The van der Waals surface area contributed by atoms with Crippen LogP contribution in [0.25, 0.3) is 5.52 Å². The third-order valence-electron chi connectivity index (χ3n) is 4.34. The molecule has 0 radical (unpaired) electrons. The summed E-state index contributed by atoms with van der Waals surface area (Å²) in [7, 11) is 0. The summed E-state index contributed by atoms with van der Waals surface area (Å²) in [6, 6.07) is 11.8. The van der Waals surface area contributed by atoms with Gasteiger partial charge in [0, 0.05) is 18.3 Å². The number of carbonyl (C=O) groups is 1. The molecule has 1 N–H and O–H groups in total. The lowest BCUT2D eigenvalue weighted by atomic mass is 10.2. The van der Waals surface area contributed by atoms with Crippen LogP contribution in [-0.2, 0) is 13.1 Å². The number of hydrogen-bond acceptors (Lipinski definition) is 3. The largest absolute Gasteiger partial charge is 0.489 e. The highest BCUT2D eigenvalue weighted by atomic mass is 16.5. The third kappa shape index (κ3) is 3.28. The van der Waals surface area contributed by atoms with Crippen LogP contribution in [0.1, 0.15) is 18.1 Å². The van der Waals surface area contributed by atoms with Crippen molar-refractivity contribution in [2.75, 3.05) is 6.54 Å². The van der Waals surface area contributed by atoms with E-state index < -0.39 is 0 Å². The van der Waals surface area contributed by atoms with Gasteiger partial charge in [-0.05, 0) is 24.6 Å². The average Bonchev–Trinajstić information content (AvgIpc) is 3.01. The number of para-hydroxylation sites is 1. The molecule has 3 heterocycles. The lowest BCUT2D eigenvalue weighted by Crippen LogP contribution is -2.42. The molecule has 2 amide bonds. The summed E-state index contributed by atoms with van der Waals surface area (Å²) < 4.78 is 7.85. The molecule has 2 aromatic heterocycles. The van der Waals surface area contributed by atoms with E-state index in [2.05, 4.69) is 10.3 Å². The van der Waals surface area contributed by atoms with Crippen LogP contribution in [0, 0.1) is 0 Å². The number of fused-ring (bicyclic) bond motifs is 2. The Hall–Kier alpha value is -3.02. The summed E-state index contributed by atoms with van der Waals surface area (Å²) >= 11 is 0. The first kappa shape index (κ1) is 15.5. The first-order chi connectivity index (χ1) is 12.2. The van der Waals surface area contributed by atoms with Crippen molar-refractivity contribution in [1.29, 1.82) is 0 Å². The maximum atomic E-state index is 12.6. The van der Waals surface area contributed by atoms with E-state index in [9.17, 15) is 4.79 Å². The summed E-state index contributed by atoms with van der Waals surface area (Å²) in [5.74, 6) is 0.857.